The van der Waals surface area contributed by atoms with Crippen LogP contribution in [-0.4, -0.2) is 42.3 Å². The number of sulfonamides is 1. The van der Waals surface area contributed by atoms with Gasteiger partial charge in [-0.25, -0.2) is 17.7 Å². The van der Waals surface area contributed by atoms with Gasteiger partial charge in [0.25, 0.3) is 0 Å². The molecule has 2 aromatic carbocycles. The van der Waals surface area contributed by atoms with Crippen molar-refractivity contribution in [2.45, 2.75) is 37.8 Å². The maximum absolute atomic E-state index is 12.4. The molecule has 31 heavy (non-hydrogen) atoms. The van der Waals surface area contributed by atoms with Crippen molar-refractivity contribution in [1.29, 1.82) is 0 Å². The van der Waals surface area contributed by atoms with Crippen molar-refractivity contribution in [2.75, 3.05) is 14.1 Å². The first-order valence-corrected chi connectivity index (χ1v) is 12.0. The van der Waals surface area contributed by atoms with Crippen molar-refractivity contribution in [3.05, 3.63) is 57.8 Å². The first kappa shape index (κ1) is 23.5. The number of amides is 1. The molecular weight excluding hydrogens is 459 g/mol. The molecule has 1 N–H and O–H groups in total. The number of imidazole rings is 1. The first-order chi connectivity index (χ1) is 14.6. The zero-order valence-electron chi connectivity index (χ0n) is 17.5. The minimum absolute atomic E-state index is 0.128. The largest absolute Gasteiger partial charge is 0.352 e. The second-order valence-electron chi connectivity index (χ2n) is 7.22. The molecule has 1 aromatic heterocycles. The van der Waals surface area contributed by atoms with Gasteiger partial charge in [-0.3, -0.25) is 4.79 Å². The van der Waals surface area contributed by atoms with Gasteiger partial charge in [0.05, 0.1) is 15.9 Å². The summed E-state index contributed by atoms with van der Waals surface area (Å²) in [5.41, 5.74) is 2.21. The standard InChI is InChI=1S/C21H24Cl2N4O3S/c1-4-27-19-8-7-16(31(29,30)26(2)3)12-18(19)25-20(27)9-10-21(28)24-13-14-5-6-15(22)11-17(14)23/h5-8,11-12H,4,9-10,13H2,1-3H3,(H,24,28). The van der Waals surface area contributed by atoms with E-state index in [1.54, 1.807) is 36.4 Å². The van der Waals surface area contributed by atoms with Gasteiger partial charge in [-0.15, -0.1) is 0 Å². The summed E-state index contributed by atoms with van der Waals surface area (Å²) in [6.07, 6.45) is 0.676. The fourth-order valence-corrected chi connectivity index (χ4v) is 4.64. The Bertz CT molecular complexity index is 1220. The lowest BCUT2D eigenvalue weighted by Gasteiger charge is -2.11. The molecule has 1 heterocycles. The van der Waals surface area contributed by atoms with Crippen molar-refractivity contribution >= 4 is 50.2 Å². The molecule has 0 aliphatic rings. The average molecular weight is 483 g/mol. The smallest absolute Gasteiger partial charge is 0.242 e. The van der Waals surface area contributed by atoms with Gasteiger partial charge in [-0.2, -0.15) is 0 Å². The number of hydrogen-bond acceptors (Lipinski definition) is 4. The molecule has 0 fully saturated rings. The van der Waals surface area contributed by atoms with E-state index in [0.29, 0.717) is 35.1 Å². The van der Waals surface area contributed by atoms with E-state index in [-0.39, 0.29) is 17.2 Å². The SMILES string of the molecule is CCn1c(CCC(=O)NCc2ccc(Cl)cc2Cl)nc2cc(S(=O)(=O)N(C)C)ccc21. The molecule has 0 unspecified atom stereocenters. The van der Waals surface area contributed by atoms with Gasteiger partial charge in [-0.1, -0.05) is 29.3 Å². The van der Waals surface area contributed by atoms with Crippen LogP contribution in [0.1, 0.15) is 24.7 Å². The molecule has 0 radical (unpaired) electrons. The van der Waals surface area contributed by atoms with Gasteiger partial charge in [-0.05, 0) is 42.8 Å². The molecule has 0 aliphatic carbocycles. The molecule has 3 aromatic rings. The highest BCUT2D eigenvalue weighted by atomic mass is 35.5. The summed E-state index contributed by atoms with van der Waals surface area (Å²) in [7, 11) is -0.560. The zero-order valence-corrected chi connectivity index (χ0v) is 19.9. The van der Waals surface area contributed by atoms with Crippen molar-refractivity contribution in [3.63, 3.8) is 0 Å². The molecule has 0 saturated carbocycles. The number of aryl methyl sites for hydroxylation is 2. The van der Waals surface area contributed by atoms with E-state index in [1.165, 1.54) is 18.4 Å². The molecule has 0 bridgehead atoms. The second kappa shape index (κ2) is 9.56. The summed E-state index contributed by atoms with van der Waals surface area (Å²) < 4.78 is 28.0. The fourth-order valence-electron chi connectivity index (χ4n) is 3.25. The number of halogens is 2. The van der Waals surface area contributed by atoms with Crippen LogP contribution in [0.2, 0.25) is 10.0 Å². The van der Waals surface area contributed by atoms with Crippen LogP contribution in [0.15, 0.2) is 41.3 Å². The Kier molecular flexibility index (Phi) is 7.26. The van der Waals surface area contributed by atoms with Crippen LogP contribution in [0.5, 0.6) is 0 Å². The number of fused-ring (bicyclic) bond motifs is 1. The molecule has 1 amide bonds. The Balaban J connectivity index is 1.72. The molecule has 0 spiro atoms. The van der Waals surface area contributed by atoms with Gasteiger partial charge < -0.3 is 9.88 Å². The molecular formula is C21H24Cl2N4O3S. The van der Waals surface area contributed by atoms with Crippen LogP contribution >= 0.6 is 23.2 Å². The summed E-state index contributed by atoms with van der Waals surface area (Å²) in [4.78, 5) is 17.1. The van der Waals surface area contributed by atoms with Gasteiger partial charge >= 0.3 is 0 Å². The lowest BCUT2D eigenvalue weighted by molar-refractivity contribution is -0.121. The number of aromatic nitrogens is 2. The van der Waals surface area contributed by atoms with Crippen LogP contribution in [0, 0.1) is 0 Å². The van der Waals surface area contributed by atoms with E-state index in [0.717, 1.165) is 16.9 Å². The highest BCUT2D eigenvalue weighted by molar-refractivity contribution is 7.89. The van der Waals surface area contributed by atoms with Gasteiger partial charge in [0, 0.05) is 50.1 Å². The molecule has 166 valence electrons. The maximum Gasteiger partial charge on any atom is 0.242 e. The molecule has 10 heteroatoms. The van der Waals surface area contributed by atoms with Gasteiger partial charge in [0.15, 0.2) is 0 Å². The van der Waals surface area contributed by atoms with Crippen molar-refractivity contribution in [3.8, 4) is 0 Å². The third kappa shape index (κ3) is 5.20. The van der Waals surface area contributed by atoms with Crippen molar-refractivity contribution in [1.82, 2.24) is 19.2 Å². The second-order valence-corrected chi connectivity index (χ2v) is 10.2. The first-order valence-electron chi connectivity index (χ1n) is 9.75. The highest BCUT2D eigenvalue weighted by Gasteiger charge is 2.19. The Morgan fingerprint density at radius 3 is 2.55 bits per heavy atom. The minimum atomic E-state index is -3.54. The number of hydrogen-bond donors (Lipinski definition) is 1. The lowest BCUT2D eigenvalue weighted by Crippen LogP contribution is -2.23. The predicted molar refractivity (Wildman–Crippen MR) is 123 cm³/mol. The Hall–Kier alpha value is -2.13. The molecule has 0 saturated heterocycles. The van der Waals surface area contributed by atoms with E-state index in [2.05, 4.69) is 10.3 Å². The third-order valence-electron chi connectivity index (χ3n) is 4.96. The van der Waals surface area contributed by atoms with E-state index >= 15 is 0 Å². The number of nitrogens with zero attached hydrogens (tertiary/aromatic N) is 3. The Morgan fingerprint density at radius 2 is 1.90 bits per heavy atom. The predicted octanol–water partition coefficient (Wildman–Crippen LogP) is 3.86. The quantitative estimate of drug-likeness (QED) is 0.528. The number of carbonyl (C=O) groups is 1. The Labute approximate surface area is 192 Å². The van der Waals surface area contributed by atoms with E-state index in [4.69, 9.17) is 23.2 Å². The summed E-state index contributed by atoms with van der Waals surface area (Å²) in [6.45, 7) is 2.95. The topological polar surface area (TPSA) is 84.3 Å². The molecule has 0 aliphatic heterocycles. The van der Waals surface area contributed by atoms with E-state index in [1.807, 2.05) is 11.5 Å². The lowest BCUT2D eigenvalue weighted by atomic mass is 10.2. The normalized spacial score (nSPS) is 11.9. The number of nitrogens with one attached hydrogen (secondary N) is 1. The average Bonchev–Trinajstić information content (AvgIpc) is 3.08. The van der Waals surface area contributed by atoms with E-state index < -0.39 is 10.0 Å². The number of carbonyl (C=O) groups excluding carboxylic acids is 1. The van der Waals surface area contributed by atoms with Crippen molar-refractivity contribution < 1.29 is 13.2 Å². The van der Waals surface area contributed by atoms with Crippen molar-refractivity contribution in [2.24, 2.45) is 0 Å². The van der Waals surface area contributed by atoms with Crippen LogP contribution in [-0.2, 0) is 34.3 Å². The van der Waals surface area contributed by atoms with Crippen LogP contribution in [0.4, 0.5) is 0 Å². The van der Waals surface area contributed by atoms with Crippen LogP contribution in [0.3, 0.4) is 0 Å². The van der Waals surface area contributed by atoms with Gasteiger partial charge in [0.1, 0.15) is 5.82 Å². The van der Waals surface area contributed by atoms with Crippen LogP contribution < -0.4 is 5.32 Å². The number of rotatable bonds is 8. The third-order valence-corrected chi connectivity index (χ3v) is 7.36. The summed E-state index contributed by atoms with van der Waals surface area (Å²) in [5.74, 6) is 0.605. The summed E-state index contributed by atoms with van der Waals surface area (Å²) in [6, 6.07) is 10.1. The minimum Gasteiger partial charge on any atom is -0.352 e. The van der Waals surface area contributed by atoms with Gasteiger partial charge in [0.2, 0.25) is 15.9 Å². The summed E-state index contributed by atoms with van der Waals surface area (Å²) in [5, 5.41) is 3.90. The van der Waals surface area contributed by atoms with E-state index in [9.17, 15) is 13.2 Å². The Morgan fingerprint density at radius 1 is 1.16 bits per heavy atom. The molecule has 7 nitrogen and oxygen atoms in total. The fraction of sp³-hybridized carbons (Fsp3) is 0.333. The van der Waals surface area contributed by atoms with Crippen LogP contribution in [0.25, 0.3) is 11.0 Å². The maximum atomic E-state index is 12.4. The molecule has 0 atom stereocenters. The highest BCUT2D eigenvalue weighted by Crippen LogP contribution is 2.23. The summed E-state index contributed by atoms with van der Waals surface area (Å²) >= 11 is 12.0. The number of benzene rings is 2. The monoisotopic (exact) mass is 482 g/mol. The molecule has 3 rings (SSSR count). The zero-order chi connectivity index (χ0) is 22.8.